The van der Waals surface area contributed by atoms with Crippen molar-refractivity contribution in [2.75, 3.05) is 30.3 Å². The summed E-state index contributed by atoms with van der Waals surface area (Å²) in [6, 6.07) is 10.4. The monoisotopic (exact) mass is 446 g/mol. The van der Waals surface area contributed by atoms with Gasteiger partial charge in [-0.15, -0.1) is 0 Å². The number of halogens is 2. The molecule has 9 heteroatoms. The van der Waals surface area contributed by atoms with Crippen LogP contribution in [0.5, 0.6) is 0 Å². The highest BCUT2D eigenvalue weighted by Crippen LogP contribution is 2.23. The van der Waals surface area contributed by atoms with Crippen LogP contribution in [0.2, 0.25) is 5.02 Å². The highest BCUT2D eigenvalue weighted by Gasteiger charge is 2.24. The number of urea groups is 1. The third-order valence-corrected chi connectivity index (χ3v) is 5.68. The lowest BCUT2D eigenvalue weighted by molar-refractivity contribution is -0.136. The van der Waals surface area contributed by atoms with Crippen LogP contribution in [0.1, 0.15) is 18.4 Å². The summed E-state index contributed by atoms with van der Waals surface area (Å²) in [5.74, 6) is -1.66. The van der Waals surface area contributed by atoms with E-state index >= 15 is 0 Å². The molecule has 31 heavy (non-hydrogen) atoms. The third-order valence-electron chi connectivity index (χ3n) is 5.27. The molecule has 1 saturated heterocycles. The van der Waals surface area contributed by atoms with Gasteiger partial charge in [0, 0.05) is 36.0 Å². The lowest BCUT2D eigenvalue weighted by Gasteiger charge is -2.32. The van der Waals surface area contributed by atoms with E-state index in [-0.39, 0.29) is 17.8 Å². The largest absolute Gasteiger partial charge is 0.348 e. The SMILES string of the molecule is Cc1c(Cl)cccc1NC(=O)C(=O)NCC1CCN(C(=O)Nc2ccc(F)cc2)CC1. The van der Waals surface area contributed by atoms with Crippen molar-refractivity contribution >= 4 is 40.8 Å². The fourth-order valence-corrected chi connectivity index (χ4v) is 3.49. The third kappa shape index (κ3) is 6.18. The summed E-state index contributed by atoms with van der Waals surface area (Å²) in [5.41, 5.74) is 1.71. The van der Waals surface area contributed by atoms with E-state index in [1.165, 1.54) is 24.3 Å². The molecule has 0 aromatic heterocycles. The molecule has 3 N–H and O–H groups in total. The molecule has 4 amide bonds. The number of likely N-dealkylation sites (tertiary alicyclic amines) is 1. The topological polar surface area (TPSA) is 90.5 Å². The van der Waals surface area contributed by atoms with Gasteiger partial charge in [-0.25, -0.2) is 9.18 Å². The standard InChI is InChI=1S/C22H24ClFN4O3/c1-14-18(23)3-2-4-19(14)27-21(30)20(29)25-13-15-9-11-28(12-10-15)22(31)26-17-7-5-16(24)6-8-17/h2-8,15H,9-13H2,1H3,(H,25,29)(H,26,31)(H,27,30). The van der Waals surface area contributed by atoms with Crippen molar-refractivity contribution in [2.45, 2.75) is 19.8 Å². The number of anilines is 2. The normalized spacial score (nSPS) is 14.1. The number of nitrogens with zero attached hydrogens (tertiary/aromatic N) is 1. The van der Waals surface area contributed by atoms with E-state index in [1.807, 2.05) is 0 Å². The molecule has 1 aliphatic rings. The average Bonchev–Trinajstić information content (AvgIpc) is 2.77. The molecule has 7 nitrogen and oxygen atoms in total. The molecule has 164 valence electrons. The number of carbonyl (C=O) groups excluding carboxylic acids is 3. The van der Waals surface area contributed by atoms with Gasteiger partial charge in [0.1, 0.15) is 5.82 Å². The smallest absolute Gasteiger partial charge is 0.321 e. The Bertz CT molecular complexity index is 960. The molecule has 1 fully saturated rings. The van der Waals surface area contributed by atoms with E-state index in [9.17, 15) is 18.8 Å². The first-order chi connectivity index (χ1) is 14.8. The molecule has 1 heterocycles. The van der Waals surface area contributed by atoms with Gasteiger partial charge in [-0.1, -0.05) is 17.7 Å². The van der Waals surface area contributed by atoms with Crippen molar-refractivity contribution in [2.24, 2.45) is 5.92 Å². The molecule has 0 saturated carbocycles. The predicted molar refractivity (Wildman–Crippen MR) is 118 cm³/mol. The first-order valence-corrected chi connectivity index (χ1v) is 10.4. The summed E-state index contributed by atoms with van der Waals surface area (Å²) in [6.45, 7) is 3.17. The van der Waals surface area contributed by atoms with Crippen LogP contribution < -0.4 is 16.0 Å². The van der Waals surface area contributed by atoms with Gasteiger partial charge in [0.15, 0.2) is 0 Å². The number of benzene rings is 2. The maximum atomic E-state index is 13.0. The number of carbonyl (C=O) groups is 3. The van der Waals surface area contributed by atoms with Crippen molar-refractivity contribution in [1.29, 1.82) is 0 Å². The molecule has 0 unspecified atom stereocenters. The van der Waals surface area contributed by atoms with Gasteiger partial charge >= 0.3 is 17.8 Å². The molecule has 3 rings (SSSR count). The molecule has 1 aliphatic heterocycles. The summed E-state index contributed by atoms with van der Waals surface area (Å²) in [4.78, 5) is 38.3. The van der Waals surface area contributed by atoms with Crippen LogP contribution in [0.15, 0.2) is 42.5 Å². The molecule has 2 aromatic rings. The van der Waals surface area contributed by atoms with Crippen molar-refractivity contribution in [3.8, 4) is 0 Å². The van der Waals surface area contributed by atoms with E-state index in [0.29, 0.717) is 54.4 Å². The summed E-state index contributed by atoms with van der Waals surface area (Å²) in [5, 5.41) is 8.47. The Kier molecular flexibility index (Phi) is 7.46. The first kappa shape index (κ1) is 22.6. The van der Waals surface area contributed by atoms with Gasteiger partial charge in [0.05, 0.1) is 0 Å². The Hall–Kier alpha value is -3.13. The Morgan fingerprint density at radius 1 is 1.03 bits per heavy atom. The van der Waals surface area contributed by atoms with Gasteiger partial charge in [0.25, 0.3) is 0 Å². The highest BCUT2D eigenvalue weighted by atomic mass is 35.5. The van der Waals surface area contributed by atoms with Gasteiger partial charge in [-0.05, 0) is 67.6 Å². The molecular weight excluding hydrogens is 423 g/mol. The first-order valence-electron chi connectivity index (χ1n) is 9.99. The van der Waals surface area contributed by atoms with Crippen molar-refractivity contribution < 1.29 is 18.8 Å². The summed E-state index contributed by atoms with van der Waals surface area (Å²) < 4.78 is 13.0. The molecule has 0 aliphatic carbocycles. The minimum atomic E-state index is -0.749. The van der Waals surface area contributed by atoms with Crippen molar-refractivity contribution in [3.63, 3.8) is 0 Å². The molecule has 2 aromatic carbocycles. The average molecular weight is 447 g/mol. The fourth-order valence-electron chi connectivity index (χ4n) is 3.32. The van der Waals surface area contributed by atoms with Crippen LogP contribution in [-0.2, 0) is 9.59 Å². The van der Waals surface area contributed by atoms with Crippen LogP contribution in [0.25, 0.3) is 0 Å². The van der Waals surface area contributed by atoms with Crippen molar-refractivity contribution in [3.05, 3.63) is 58.9 Å². The molecule has 0 spiro atoms. The zero-order valence-corrected chi connectivity index (χ0v) is 17.8. The fraction of sp³-hybridized carbons (Fsp3) is 0.318. The van der Waals surface area contributed by atoms with Crippen molar-refractivity contribution in [1.82, 2.24) is 10.2 Å². The molecule has 0 atom stereocenters. The number of amides is 4. The number of piperidine rings is 1. The minimum Gasteiger partial charge on any atom is -0.348 e. The van der Waals surface area contributed by atoms with Gasteiger partial charge in [-0.2, -0.15) is 0 Å². The van der Waals surface area contributed by atoms with Crippen LogP contribution >= 0.6 is 11.6 Å². The second-order valence-electron chi connectivity index (χ2n) is 7.44. The number of hydrogen-bond donors (Lipinski definition) is 3. The van der Waals surface area contributed by atoms with E-state index in [1.54, 1.807) is 30.0 Å². The van der Waals surface area contributed by atoms with E-state index < -0.39 is 11.8 Å². The van der Waals surface area contributed by atoms with Gasteiger partial charge in [0.2, 0.25) is 0 Å². The second-order valence-corrected chi connectivity index (χ2v) is 7.85. The predicted octanol–water partition coefficient (Wildman–Crippen LogP) is 3.79. The maximum Gasteiger partial charge on any atom is 0.321 e. The Balaban J connectivity index is 1.40. The lowest BCUT2D eigenvalue weighted by Crippen LogP contribution is -2.44. The maximum absolute atomic E-state index is 13.0. The number of nitrogens with one attached hydrogen (secondary N) is 3. The zero-order valence-electron chi connectivity index (χ0n) is 17.1. The van der Waals surface area contributed by atoms with E-state index in [2.05, 4.69) is 16.0 Å². The summed E-state index contributed by atoms with van der Waals surface area (Å²) >= 11 is 6.03. The van der Waals surface area contributed by atoms with Gasteiger partial charge in [-0.3, -0.25) is 9.59 Å². The summed E-state index contributed by atoms with van der Waals surface area (Å²) in [7, 11) is 0. The Morgan fingerprint density at radius 2 is 1.71 bits per heavy atom. The number of rotatable bonds is 4. The quantitative estimate of drug-likeness (QED) is 0.624. The van der Waals surface area contributed by atoms with Crippen LogP contribution in [0.3, 0.4) is 0 Å². The van der Waals surface area contributed by atoms with Crippen LogP contribution in [-0.4, -0.2) is 42.4 Å². The molecule has 0 radical (unpaired) electrons. The second kappa shape index (κ2) is 10.3. The minimum absolute atomic E-state index is 0.166. The lowest BCUT2D eigenvalue weighted by atomic mass is 9.97. The van der Waals surface area contributed by atoms with Crippen LogP contribution in [0, 0.1) is 18.7 Å². The Morgan fingerprint density at radius 3 is 2.39 bits per heavy atom. The number of hydrogen-bond acceptors (Lipinski definition) is 3. The molecule has 0 bridgehead atoms. The van der Waals surface area contributed by atoms with Crippen LogP contribution in [0.4, 0.5) is 20.6 Å². The van der Waals surface area contributed by atoms with E-state index in [4.69, 9.17) is 11.6 Å². The zero-order chi connectivity index (χ0) is 22.4. The summed E-state index contributed by atoms with van der Waals surface area (Å²) in [6.07, 6.45) is 1.40. The highest BCUT2D eigenvalue weighted by molar-refractivity contribution is 6.40. The van der Waals surface area contributed by atoms with Gasteiger partial charge < -0.3 is 20.9 Å². The molecular formula is C22H24ClFN4O3. The van der Waals surface area contributed by atoms with E-state index in [0.717, 1.165) is 0 Å². The Labute approximate surface area is 184 Å².